The maximum Gasteiger partial charge on any atom is 0.309 e. The molecule has 1 atom stereocenters. The minimum absolute atomic E-state index is 0.0774. The van der Waals surface area contributed by atoms with E-state index in [0.29, 0.717) is 13.1 Å². The van der Waals surface area contributed by atoms with Crippen LogP contribution in [0.3, 0.4) is 0 Å². The highest BCUT2D eigenvalue weighted by molar-refractivity contribution is 7.91. The van der Waals surface area contributed by atoms with Crippen LogP contribution >= 0.6 is 0 Å². The lowest BCUT2D eigenvalue weighted by Gasteiger charge is -2.19. The van der Waals surface area contributed by atoms with Crippen molar-refractivity contribution in [1.29, 1.82) is 0 Å². The van der Waals surface area contributed by atoms with Crippen molar-refractivity contribution in [3.8, 4) is 0 Å². The van der Waals surface area contributed by atoms with E-state index in [1.807, 2.05) is 20.8 Å². The smallest absolute Gasteiger partial charge is 0.309 e. The summed E-state index contributed by atoms with van der Waals surface area (Å²) in [7, 11) is -2.48. The number of esters is 1. The van der Waals surface area contributed by atoms with Crippen molar-refractivity contribution in [3.63, 3.8) is 0 Å². The summed E-state index contributed by atoms with van der Waals surface area (Å²) in [5, 5.41) is 9.99. The number of ether oxygens (including phenoxy) is 1. The predicted octanol–water partition coefficient (Wildman–Crippen LogP) is 3.55. The van der Waals surface area contributed by atoms with Crippen LogP contribution in [0.25, 0.3) is 0 Å². The van der Waals surface area contributed by atoms with Gasteiger partial charge in [0.05, 0.1) is 23.7 Å². The van der Waals surface area contributed by atoms with Gasteiger partial charge in [-0.25, -0.2) is 8.42 Å². The fraction of sp³-hybridized carbons (Fsp3) is 0.611. The Balaban J connectivity index is 3.29. The van der Waals surface area contributed by atoms with Gasteiger partial charge in [-0.3, -0.25) is 9.80 Å². The molecular weight excluding hydrogens is 354 g/mol. The first-order chi connectivity index (χ1) is 12.2. The standard InChI is InChI=1S/C18H29N3O4S/c1-7-21(8-2)20-19-16-11-14(5)9-10-17(16)26(23,24)12-15(13(3)4)18(22)25-6/h9-11,13,15H,7-8,12H2,1-6H3/t15-/m0/s1. The Morgan fingerprint density at radius 2 is 1.85 bits per heavy atom. The van der Waals surface area contributed by atoms with Crippen molar-refractivity contribution >= 4 is 21.5 Å². The maximum atomic E-state index is 13.0. The SMILES string of the molecule is CCN(CC)N=Nc1cc(C)ccc1S(=O)(=O)C[C@H](C(=O)OC)C(C)C. The van der Waals surface area contributed by atoms with Crippen LogP contribution < -0.4 is 0 Å². The van der Waals surface area contributed by atoms with Crippen LogP contribution in [-0.4, -0.2) is 45.3 Å². The lowest BCUT2D eigenvalue weighted by atomic mass is 9.98. The molecule has 0 unspecified atom stereocenters. The lowest BCUT2D eigenvalue weighted by molar-refractivity contribution is -0.146. The number of aryl methyl sites for hydroxylation is 1. The van der Waals surface area contributed by atoms with E-state index in [4.69, 9.17) is 4.74 Å². The first-order valence-corrected chi connectivity index (χ1v) is 10.4. The largest absolute Gasteiger partial charge is 0.469 e. The Labute approximate surface area is 156 Å². The van der Waals surface area contributed by atoms with Gasteiger partial charge in [-0.05, 0) is 44.4 Å². The Bertz CT molecular complexity index is 741. The Kier molecular flexibility index (Phi) is 8.20. The van der Waals surface area contributed by atoms with Crippen molar-refractivity contribution in [1.82, 2.24) is 5.01 Å². The number of rotatable bonds is 9. The first kappa shape index (κ1) is 22.1. The zero-order chi connectivity index (χ0) is 19.9. The van der Waals surface area contributed by atoms with Gasteiger partial charge in [0.25, 0.3) is 0 Å². The molecule has 0 aliphatic carbocycles. The predicted molar refractivity (Wildman–Crippen MR) is 101 cm³/mol. The summed E-state index contributed by atoms with van der Waals surface area (Å²) in [5.74, 6) is -1.75. The van der Waals surface area contributed by atoms with E-state index in [2.05, 4.69) is 10.3 Å². The fourth-order valence-corrected chi connectivity index (χ4v) is 4.31. The summed E-state index contributed by atoms with van der Waals surface area (Å²) in [6, 6.07) is 4.92. The average Bonchev–Trinajstić information content (AvgIpc) is 2.59. The van der Waals surface area contributed by atoms with Crippen LogP contribution in [0.15, 0.2) is 33.4 Å². The lowest BCUT2D eigenvalue weighted by Crippen LogP contribution is -2.29. The number of carbonyl (C=O) groups excluding carboxylic acids is 1. The second kappa shape index (κ2) is 9.66. The minimum atomic E-state index is -3.74. The average molecular weight is 384 g/mol. The summed E-state index contributed by atoms with van der Waals surface area (Å²) in [5.41, 5.74) is 1.16. The number of hydrogen-bond acceptors (Lipinski definition) is 6. The van der Waals surface area contributed by atoms with E-state index in [0.717, 1.165) is 5.56 Å². The summed E-state index contributed by atoms with van der Waals surface area (Å²) >= 11 is 0. The summed E-state index contributed by atoms with van der Waals surface area (Å²) in [4.78, 5) is 12.0. The van der Waals surface area contributed by atoms with Gasteiger partial charge in [0.1, 0.15) is 5.69 Å². The summed E-state index contributed by atoms with van der Waals surface area (Å²) < 4.78 is 30.7. The van der Waals surface area contributed by atoms with E-state index < -0.39 is 21.7 Å². The van der Waals surface area contributed by atoms with Crippen molar-refractivity contribution in [3.05, 3.63) is 23.8 Å². The van der Waals surface area contributed by atoms with Gasteiger partial charge in [-0.2, -0.15) is 0 Å². The molecule has 0 saturated heterocycles. The molecule has 0 aliphatic rings. The second-order valence-electron chi connectivity index (χ2n) is 6.45. The zero-order valence-corrected chi connectivity index (χ0v) is 17.2. The van der Waals surface area contributed by atoms with Crippen LogP contribution in [0, 0.1) is 18.8 Å². The van der Waals surface area contributed by atoms with E-state index in [1.54, 1.807) is 31.0 Å². The van der Waals surface area contributed by atoms with Crippen molar-refractivity contribution in [2.75, 3.05) is 26.0 Å². The number of carbonyl (C=O) groups is 1. The monoisotopic (exact) mass is 383 g/mol. The van der Waals surface area contributed by atoms with Gasteiger partial charge in [0.2, 0.25) is 0 Å². The molecule has 0 spiro atoms. The van der Waals surface area contributed by atoms with Crippen molar-refractivity contribution in [2.24, 2.45) is 22.2 Å². The highest BCUT2D eigenvalue weighted by Gasteiger charge is 2.31. The molecular formula is C18H29N3O4S. The molecule has 7 nitrogen and oxygen atoms in total. The summed E-state index contributed by atoms with van der Waals surface area (Å²) in [6.07, 6.45) is 0. The molecule has 1 aromatic carbocycles. The van der Waals surface area contributed by atoms with Gasteiger partial charge >= 0.3 is 5.97 Å². The molecule has 1 aromatic rings. The Hall–Kier alpha value is -1.96. The molecule has 146 valence electrons. The molecule has 26 heavy (non-hydrogen) atoms. The fourth-order valence-electron chi connectivity index (χ4n) is 2.44. The highest BCUT2D eigenvalue weighted by atomic mass is 32.2. The van der Waals surface area contributed by atoms with Crippen molar-refractivity contribution in [2.45, 2.75) is 39.5 Å². The minimum Gasteiger partial charge on any atom is -0.469 e. The van der Waals surface area contributed by atoms with Gasteiger partial charge in [-0.1, -0.05) is 25.1 Å². The second-order valence-corrected chi connectivity index (χ2v) is 8.46. The maximum absolute atomic E-state index is 13.0. The molecule has 8 heteroatoms. The van der Waals surface area contributed by atoms with Gasteiger partial charge < -0.3 is 4.74 Å². The molecule has 0 amide bonds. The van der Waals surface area contributed by atoms with Crippen LogP contribution in [-0.2, 0) is 19.4 Å². The van der Waals surface area contributed by atoms with Gasteiger partial charge in [0, 0.05) is 13.1 Å². The molecule has 1 rings (SSSR count). The topological polar surface area (TPSA) is 88.4 Å². The van der Waals surface area contributed by atoms with E-state index in [9.17, 15) is 13.2 Å². The van der Waals surface area contributed by atoms with Crippen LogP contribution in [0.1, 0.15) is 33.3 Å². The number of sulfone groups is 1. The zero-order valence-electron chi connectivity index (χ0n) is 16.4. The normalized spacial score (nSPS) is 13.2. The molecule has 0 radical (unpaired) electrons. The van der Waals surface area contributed by atoms with Crippen molar-refractivity contribution < 1.29 is 17.9 Å². The number of benzene rings is 1. The summed E-state index contributed by atoms with van der Waals surface area (Å²) in [6.45, 7) is 10.7. The molecule has 0 heterocycles. The van der Waals surface area contributed by atoms with E-state index in [1.165, 1.54) is 13.2 Å². The van der Waals surface area contributed by atoms with E-state index in [-0.39, 0.29) is 22.3 Å². The quantitative estimate of drug-likeness (QED) is 0.370. The molecule has 0 aromatic heterocycles. The van der Waals surface area contributed by atoms with Crippen LogP contribution in [0.4, 0.5) is 5.69 Å². The molecule has 0 saturated carbocycles. The molecule has 0 fully saturated rings. The first-order valence-electron chi connectivity index (χ1n) is 8.74. The third-order valence-electron chi connectivity index (χ3n) is 4.17. The van der Waals surface area contributed by atoms with Crippen LogP contribution in [0.5, 0.6) is 0 Å². The van der Waals surface area contributed by atoms with E-state index >= 15 is 0 Å². The Morgan fingerprint density at radius 3 is 2.35 bits per heavy atom. The van der Waals surface area contributed by atoms with Crippen LogP contribution in [0.2, 0.25) is 0 Å². The van der Waals surface area contributed by atoms with Gasteiger partial charge in [-0.15, -0.1) is 5.11 Å². The highest BCUT2D eigenvalue weighted by Crippen LogP contribution is 2.29. The molecule has 0 N–H and O–H groups in total. The number of nitrogens with zero attached hydrogens (tertiary/aromatic N) is 3. The Morgan fingerprint density at radius 1 is 1.23 bits per heavy atom. The number of methoxy groups -OCH3 is 1. The third kappa shape index (κ3) is 5.79. The number of hydrogen-bond donors (Lipinski definition) is 0. The van der Waals surface area contributed by atoms with Gasteiger partial charge in [0.15, 0.2) is 9.84 Å². The third-order valence-corrected chi connectivity index (χ3v) is 5.98. The molecule has 0 aliphatic heterocycles. The molecule has 0 bridgehead atoms.